The van der Waals surface area contributed by atoms with Crippen LogP contribution in [0.1, 0.15) is 35.6 Å². The van der Waals surface area contributed by atoms with Crippen molar-refractivity contribution in [2.45, 2.75) is 43.8 Å². The maximum absolute atomic E-state index is 14.9. The summed E-state index contributed by atoms with van der Waals surface area (Å²) in [4.78, 5) is 3.99. The Bertz CT molecular complexity index is 1200. The fraction of sp³-hybridized carbons (Fsp3) is 0.348. The van der Waals surface area contributed by atoms with E-state index in [4.69, 9.17) is 10.5 Å². The molecule has 5 N–H and O–H groups in total. The molecule has 1 unspecified atom stereocenters. The molecule has 11 heteroatoms. The predicted molar refractivity (Wildman–Crippen MR) is 114 cm³/mol. The molecule has 182 valence electrons. The van der Waals surface area contributed by atoms with Gasteiger partial charge >= 0.3 is 6.18 Å². The van der Waals surface area contributed by atoms with Gasteiger partial charge in [-0.05, 0) is 54.1 Å². The Hall–Kier alpha value is -3.02. The summed E-state index contributed by atoms with van der Waals surface area (Å²) >= 11 is 0. The summed E-state index contributed by atoms with van der Waals surface area (Å²) in [5, 5.41) is 23.4. The number of alkyl halides is 3. The lowest BCUT2D eigenvalue weighted by atomic mass is 9.88. The zero-order valence-electron chi connectivity index (χ0n) is 17.7. The Morgan fingerprint density at radius 2 is 1.85 bits per heavy atom. The van der Waals surface area contributed by atoms with Gasteiger partial charge in [0.25, 0.3) is 0 Å². The largest absolute Gasteiger partial charge is 0.490 e. The number of benzene rings is 2. The fourth-order valence-corrected chi connectivity index (χ4v) is 4.00. The number of rotatable bonds is 7. The first-order valence-electron chi connectivity index (χ1n) is 10.5. The summed E-state index contributed by atoms with van der Waals surface area (Å²) in [6.45, 7) is -0.466. The van der Waals surface area contributed by atoms with Crippen LogP contribution >= 0.6 is 0 Å². The summed E-state index contributed by atoms with van der Waals surface area (Å²) in [7, 11) is 0. The van der Waals surface area contributed by atoms with Crippen LogP contribution in [0.2, 0.25) is 0 Å². The zero-order chi connectivity index (χ0) is 24.6. The van der Waals surface area contributed by atoms with Crippen molar-refractivity contribution in [3.63, 3.8) is 0 Å². The maximum atomic E-state index is 14.9. The topological polar surface area (TPSA) is 101 Å². The molecule has 1 aromatic heterocycles. The molecule has 1 aliphatic carbocycles. The molecule has 2 aromatic carbocycles. The Balaban J connectivity index is 1.42. The number of nitrogens with two attached hydrogens (primary N) is 1. The average molecular weight is 483 g/mol. The number of hydrogen-bond donors (Lipinski definition) is 4. The van der Waals surface area contributed by atoms with E-state index in [9.17, 15) is 32.2 Å². The number of nitrogens with zero attached hydrogens (tertiary/aromatic N) is 1. The second-order valence-electron chi connectivity index (χ2n) is 8.21. The van der Waals surface area contributed by atoms with E-state index in [2.05, 4.69) is 10.3 Å². The molecule has 1 saturated carbocycles. The minimum Gasteiger partial charge on any atom is -0.490 e. The molecule has 0 spiro atoms. The first-order valence-corrected chi connectivity index (χ1v) is 10.5. The third kappa shape index (κ3) is 4.91. The van der Waals surface area contributed by atoms with Crippen LogP contribution in [0.25, 0.3) is 10.8 Å². The summed E-state index contributed by atoms with van der Waals surface area (Å²) in [6.07, 6.45) is -4.13. The van der Waals surface area contributed by atoms with Gasteiger partial charge in [0.1, 0.15) is 35.4 Å². The highest BCUT2D eigenvalue weighted by atomic mass is 19.4. The summed E-state index contributed by atoms with van der Waals surface area (Å²) in [5.74, 6) is -1.87. The van der Waals surface area contributed by atoms with E-state index in [1.54, 1.807) is 0 Å². The lowest BCUT2D eigenvalue weighted by molar-refractivity contribution is -0.140. The van der Waals surface area contributed by atoms with Crippen LogP contribution < -0.4 is 15.8 Å². The minimum absolute atomic E-state index is 0.0739. The number of nitrogens with one attached hydrogen (secondary N) is 1. The Kier molecular flexibility index (Phi) is 6.61. The number of ether oxygens (including phenoxy) is 1. The van der Waals surface area contributed by atoms with Crippen molar-refractivity contribution in [3.05, 3.63) is 64.9 Å². The van der Waals surface area contributed by atoms with Gasteiger partial charge in [-0.25, -0.2) is 13.8 Å². The standard InChI is InChI=1S/C23H22F5N3O3/c24-19-2-1-12(5-18(19)23(26,27)28)34-13-3-11(4-13)30-9-17-14-7-22(29)31-8-16(14)15(6-20(17)25)21(33)10-32/h1-2,5-8,11,13,21,30,32-33H,3-4,9-10H2,(H2,29,31). The first-order chi connectivity index (χ1) is 16.1. The number of pyridine rings is 1. The third-order valence-corrected chi connectivity index (χ3v) is 5.87. The molecule has 34 heavy (non-hydrogen) atoms. The number of hydrogen-bond acceptors (Lipinski definition) is 6. The van der Waals surface area contributed by atoms with Crippen LogP contribution in [0, 0.1) is 11.6 Å². The number of anilines is 1. The number of aliphatic hydroxyl groups excluding tert-OH is 2. The monoisotopic (exact) mass is 483 g/mol. The molecule has 3 aromatic rings. The number of aromatic nitrogens is 1. The molecule has 1 aliphatic rings. The van der Waals surface area contributed by atoms with E-state index >= 15 is 0 Å². The molecule has 4 rings (SSSR count). The zero-order valence-corrected chi connectivity index (χ0v) is 17.7. The molecular formula is C23H22F5N3O3. The summed E-state index contributed by atoms with van der Waals surface area (Å²) < 4.78 is 72.4. The Morgan fingerprint density at radius 3 is 2.53 bits per heavy atom. The van der Waals surface area contributed by atoms with Gasteiger partial charge in [0.05, 0.1) is 12.2 Å². The van der Waals surface area contributed by atoms with Crippen molar-refractivity contribution in [3.8, 4) is 5.75 Å². The quantitative estimate of drug-likeness (QED) is 0.381. The van der Waals surface area contributed by atoms with E-state index in [1.165, 1.54) is 12.3 Å². The van der Waals surface area contributed by atoms with Crippen LogP contribution in [0.15, 0.2) is 36.5 Å². The predicted octanol–water partition coefficient (Wildman–Crippen LogP) is 3.84. The van der Waals surface area contributed by atoms with Crippen LogP contribution in [-0.2, 0) is 12.7 Å². The minimum atomic E-state index is -4.82. The lowest BCUT2D eigenvalue weighted by Gasteiger charge is -2.36. The van der Waals surface area contributed by atoms with Gasteiger partial charge in [0.2, 0.25) is 0 Å². The highest BCUT2D eigenvalue weighted by molar-refractivity contribution is 5.90. The van der Waals surface area contributed by atoms with Gasteiger partial charge in [-0.3, -0.25) is 0 Å². The Labute approximate surface area is 191 Å². The maximum Gasteiger partial charge on any atom is 0.419 e. The highest BCUT2D eigenvalue weighted by Gasteiger charge is 2.36. The SMILES string of the molecule is Nc1cc2c(CNC3CC(Oc4ccc(F)c(C(F)(F)F)c4)C3)c(F)cc(C(O)CO)c2cn1. The number of halogens is 5. The van der Waals surface area contributed by atoms with Crippen molar-refractivity contribution in [2.24, 2.45) is 0 Å². The Morgan fingerprint density at radius 1 is 1.12 bits per heavy atom. The van der Waals surface area contributed by atoms with Crippen molar-refractivity contribution in [2.75, 3.05) is 12.3 Å². The van der Waals surface area contributed by atoms with E-state index < -0.39 is 36.1 Å². The van der Waals surface area contributed by atoms with Gasteiger partial charge in [0.15, 0.2) is 0 Å². The number of nitrogen functional groups attached to an aromatic ring is 1. The first kappa shape index (κ1) is 24.1. The van der Waals surface area contributed by atoms with Crippen LogP contribution in [0.5, 0.6) is 5.75 Å². The van der Waals surface area contributed by atoms with Crippen LogP contribution in [-0.4, -0.2) is 33.9 Å². The van der Waals surface area contributed by atoms with E-state index in [-0.39, 0.29) is 35.8 Å². The molecule has 1 fully saturated rings. The van der Waals surface area contributed by atoms with E-state index in [0.29, 0.717) is 35.2 Å². The average Bonchev–Trinajstić information content (AvgIpc) is 2.75. The van der Waals surface area contributed by atoms with Gasteiger partial charge in [-0.15, -0.1) is 0 Å². The normalized spacial score (nSPS) is 19.1. The van der Waals surface area contributed by atoms with Gasteiger partial charge in [0, 0.05) is 29.7 Å². The molecule has 0 bridgehead atoms. The lowest BCUT2D eigenvalue weighted by Crippen LogP contribution is -2.46. The molecule has 0 aliphatic heterocycles. The number of aliphatic hydroxyl groups is 2. The highest BCUT2D eigenvalue weighted by Crippen LogP contribution is 2.35. The molecule has 0 saturated heterocycles. The molecule has 0 amide bonds. The number of fused-ring (bicyclic) bond motifs is 1. The van der Waals surface area contributed by atoms with E-state index in [1.807, 2.05) is 0 Å². The molecular weight excluding hydrogens is 461 g/mol. The molecule has 1 heterocycles. The van der Waals surface area contributed by atoms with Crippen molar-refractivity contribution < 1.29 is 36.9 Å². The van der Waals surface area contributed by atoms with Crippen molar-refractivity contribution in [1.29, 1.82) is 0 Å². The van der Waals surface area contributed by atoms with Crippen LogP contribution in [0.3, 0.4) is 0 Å². The third-order valence-electron chi connectivity index (χ3n) is 5.87. The van der Waals surface area contributed by atoms with Crippen LogP contribution in [0.4, 0.5) is 27.8 Å². The fourth-order valence-electron chi connectivity index (χ4n) is 4.00. The summed E-state index contributed by atoms with van der Waals surface area (Å²) in [6, 6.07) is 5.06. The molecule has 1 atom stereocenters. The van der Waals surface area contributed by atoms with Crippen molar-refractivity contribution >= 4 is 16.6 Å². The second-order valence-corrected chi connectivity index (χ2v) is 8.21. The van der Waals surface area contributed by atoms with Gasteiger partial charge < -0.3 is 26.0 Å². The van der Waals surface area contributed by atoms with Gasteiger partial charge in [-0.1, -0.05) is 0 Å². The molecule has 6 nitrogen and oxygen atoms in total. The van der Waals surface area contributed by atoms with Gasteiger partial charge in [-0.2, -0.15) is 13.2 Å². The van der Waals surface area contributed by atoms with E-state index in [0.717, 1.165) is 18.2 Å². The smallest absolute Gasteiger partial charge is 0.419 e. The molecule has 0 radical (unpaired) electrons. The second kappa shape index (κ2) is 9.32. The van der Waals surface area contributed by atoms with Crippen molar-refractivity contribution in [1.82, 2.24) is 10.3 Å². The summed E-state index contributed by atoms with van der Waals surface area (Å²) in [5.41, 5.74) is 4.87.